The molecule has 1 saturated heterocycles. The minimum absolute atomic E-state index is 0.0363. The Bertz CT molecular complexity index is 715. The van der Waals surface area contributed by atoms with Gasteiger partial charge in [0.15, 0.2) is 0 Å². The normalized spacial score (nSPS) is 18.7. The Kier molecular flexibility index (Phi) is 4.93. The number of amides is 1. The van der Waals surface area contributed by atoms with Gasteiger partial charge in [0, 0.05) is 10.6 Å². The summed E-state index contributed by atoms with van der Waals surface area (Å²) in [5.41, 5.74) is 1.95. The predicted octanol–water partition coefficient (Wildman–Crippen LogP) is 4.26. The van der Waals surface area contributed by atoms with Gasteiger partial charge in [0.2, 0.25) is 5.91 Å². The lowest BCUT2D eigenvalue weighted by atomic mass is 9.91. The molecule has 0 aromatic heterocycles. The van der Waals surface area contributed by atoms with Crippen molar-refractivity contribution in [2.24, 2.45) is 0 Å². The summed E-state index contributed by atoms with van der Waals surface area (Å²) >= 11 is 6.09. The maximum absolute atomic E-state index is 12.4. The summed E-state index contributed by atoms with van der Waals surface area (Å²) in [6, 6.07) is 17.9. The van der Waals surface area contributed by atoms with E-state index in [1.807, 2.05) is 47.4 Å². The average molecular weight is 344 g/mol. The first kappa shape index (κ1) is 17.0. The number of benzene rings is 2. The second-order valence-electron chi connectivity index (χ2n) is 6.83. The third-order valence-electron chi connectivity index (χ3n) is 4.49. The standard InChI is InChI=1S/C20H22ClNO2/c1-20(2,12-15-7-4-3-5-8-15)22-13-18(24-14-19(22)23)16-9-6-10-17(21)11-16/h3-11,18H,12-14H2,1-2H3. The molecule has 0 aliphatic carbocycles. The molecule has 0 N–H and O–H groups in total. The molecule has 1 aliphatic rings. The van der Waals surface area contributed by atoms with Gasteiger partial charge in [-0.3, -0.25) is 4.79 Å². The highest BCUT2D eigenvalue weighted by Crippen LogP contribution is 2.30. The summed E-state index contributed by atoms with van der Waals surface area (Å²) < 4.78 is 5.76. The van der Waals surface area contributed by atoms with E-state index in [-0.39, 0.29) is 24.2 Å². The van der Waals surface area contributed by atoms with Gasteiger partial charge in [0.25, 0.3) is 0 Å². The van der Waals surface area contributed by atoms with Crippen LogP contribution in [0.15, 0.2) is 54.6 Å². The smallest absolute Gasteiger partial charge is 0.249 e. The second-order valence-corrected chi connectivity index (χ2v) is 7.27. The molecular formula is C20H22ClNO2. The lowest BCUT2D eigenvalue weighted by Gasteiger charge is -2.43. The van der Waals surface area contributed by atoms with Gasteiger partial charge in [-0.25, -0.2) is 0 Å². The van der Waals surface area contributed by atoms with Crippen molar-refractivity contribution in [2.45, 2.75) is 31.9 Å². The number of halogens is 1. The van der Waals surface area contributed by atoms with Crippen LogP contribution in [-0.4, -0.2) is 29.5 Å². The molecule has 1 amide bonds. The molecule has 0 spiro atoms. The molecule has 1 atom stereocenters. The Morgan fingerprint density at radius 2 is 1.92 bits per heavy atom. The predicted molar refractivity (Wildman–Crippen MR) is 96.1 cm³/mol. The Hall–Kier alpha value is -1.84. The number of nitrogens with zero attached hydrogens (tertiary/aromatic N) is 1. The van der Waals surface area contributed by atoms with E-state index in [9.17, 15) is 4.79 Å². The van der Waals surface area contributed by atoms with E-state index >= 15 is 0 Å². The number of hydrogen-bond donors (Lipinski definition) is 0. The molecule has 0 saturated carbocycles. The summed E-state index contributed by atoms with van der Waals surface area (Å²) in [5.74, 6) is 0.0363. The second kappa shape index (κ2) is 6.96. The van der Waals surface area contributed by atoms with E-state index in [4.69, 9.17) is 16.3 Å². The van der Waals surface area contributed by atoms with Crippen LogP contribution >= 0.6 is 11.6 Å². The summed E-state index contributed by atoms with van der Waals surface area (Å²) in [7, 11) is 0. The van der Waals surface area contributed by atoms with Crippen molar-refractivity contribution >= 4 is 17.5 Å². The lowest BCUT2D eigenvalue weighted by Crippen LogP contribution is -2.55. The third kappa shape index (κ3) is 3.80. The lowest BCUT2D eigenvalue weighted by molar-refractivity contribution is -0.157. The van der Waals surface area contributed by atoms with Gasteiger partial charge in [-0.15, -0.1) is 0 Å². The molecule has 1 aliphatic heterocycles. The fourth-order valence-corrected chi connectivity index (χ4v) is 3.45. The van der Waals surface area contributed by atoms with Crippen molar-refractivity contribution in [3.8, 4) is 0 Å². The van der Waals surface area contributed by atoms with Crippen LogP contribution in [0.4, 0.5) is 0 Å². The largest absolute Gasteiger partial charge is 0.362 e. The van der Waals surface area contributed by atoms with Gasteiger partial charge in [0.1, 0.15) is 12.7 Å². The highest BCUT2D eigenvalue weighted by molar-refractivity contribution is 6.30. The zero-order valence-corrected chi connectivity index (χ0v) is 14.8. The molecule has 24 heavy (non-hydrogen) atoms. The van der Waals surface area contributed by atoms with Crippen LogP contribution in [0.3, 0.4) is 0 Å². The van der Waals surface area contributed by atoms with Crippen molar-refractivity contribution in [1.29, 1.82) is 0 Å². The summed E-state index contributed by atoms with van der Waals surface area (Å²) in [5, 5.41) is 0.683. The molecule has 4 heteroatoms. The number of rotatable bonds is 4. The highest BCUT2D eigenvalue weighted by atomic mass is 35.5. The molecule has 2 aromatic carbocycles. The van der Waals surface area contributed by atoms with E-state index in [0.29, 0.717) is 11.6 Å². The average Bonchev–Trinajstić information content (AvgIpc) is 2.55. The van der Waals surface area contributed by atoms with Gasteiger partial charge >= 0.3 is 0 Å². The Balaban J connectivity index is 1.79. The zero-order chi connectivity index (χ0) is 17.2. The van der Waals surface area contributed by atoms with E-state index in [2.05, 4.69) is 26.0 Å². The van der Waals surface area contributed by atoms with Crippen molar-refractivity contribution < 1.29 is 9.53 Å². The number of morpholine rings is 1. The maximum Gasteiger partial charge on any atom is 0.249 e. The highest BCUT2D eigenvalue weighted by Gasteiger charge is 2.37. The topological polar surface area (TPSA) is 29.5 Å². The van der Waals surface area contributed by atoms with Gasteiger partial charge in [0.05, 0.1) is 6.54 Å². The molecular weight excluding hydrogens is 322 g/mol. The Morgan fingerprint density at radius 3 is 2.62 bits per heavy atom. The van der Waals surface area contributed by atoms with Crippen LogP contribution in [-0.2, 0) is 16.0 Å². The molecule has 0 bridgehead atoms. The molecule has 126 valence electrons. The molecule has 3 rings (SSSR count). The van der Waals surface area contributed by atoms with E-state index in [1.165, 1.54) is 5.56 Å². The monoisotopic (exact) mass is 343 g/mol. The fourth-order valence-electron chi connectivity index (χ4n) is 3.25. The molecule has 1 heterocycles. The maximum atomic E-state index is 12.4. The number of ether oxygens (including phenoxy) is 1. The molecule has 2 aromatic rings. The first-order valence-corrected chi connectivity index (χ1v) is 8.55. The van der Waals surface area contributed by atoms with Crippen LogP contribution in [0, 0.1) is 0 Å². The number of carbonyl (C=O) groups is 1. The van der Waals surface area contributed by atoms with Crippen LogP contribution in [0.1, 0.15) is 31.1 Å². The van der Waals surface area contributed by atoms with Gasteiger partial charge in [-0.1, -0.05) is 54.1 Å². The fraction of sp³-hybridized carbons (Fsp3) is 0.350. The Morgan fingerprint density at radius 1 is 1.17 bits per heavy atom. The first-order valence-electron chi connectivity index (χ1n) is 8.17. The summed E-state index contributed by atoms with van der Waals surface area (Å²) in [4.78, 5) is 14.4. The van der Waals surface area contributed by atoms with Crippen LogP contribution < -0.4 is 0 Å². The number of hydrogen-bond acceptors (Lipinski definition) is 2. The SMILES string of the molecule is CC(C)(Cc1ccccc1)N1CC(c2cccc(Cl)c2)OCC1=O. The summed E-state index contributed by atoms with van der Waals surface area (Å²) in [6.07, 6.45) is 0.665. The van der Waals surface area contributed by atoms with Crippen LogP contribution in [0.25, 0.3) is 0 Å². The minimum atomic E-state index is -0.279. The van der Waals surface area contributed by atoms with Gasteiger partial charge < -0.3 is 9.64 Å². The van der Waals surface area contributed by atoms with Crippen LogP contribution in [0.5, 0.6) is 0 Å². The number of carbonyl (C=O) groups excluding carboxylic acids is 1. The van der Waals surface area contributed by atoms with Crippen molar-refractivity contribution in [3.05, 3.63) is 70.7 Å². The third-order valence-corrected chi connectivity index (χ3v) is 4.72. The van der Waals surface area contributed by atoms with Crippen LogP contribution in [0.2, 0.25) is 5.02 Å². The molecule has 1 fully saturated rings. The van der Waals surface area contributed by atoms with Crippen molar-refractivity contribution in [2.75, 3.05) is 13.2 Å². The van der Waals surface area contributed by atoms with E-state index in [1.54, 1.807) is 0 Å². The van der Waals surface area contributed by atoms with Gasteiger partial charge in [-0.05, 0) is 43.5 Å². The molecule has 1 unspecified atom stereocenters. The van der Waals surface area contributed by atoms with Crippen molar-refractivity contribution in [1.82, 2.24) is 4.90 Å². The first-order chi connectivity index (χ1) is 11.5. The Labute approximate surface area is 148 Å². The zero-order valence-electron chi connectivity index (χ0n) is 14.0. The summed E-state index contributed by atoms with van der Waals surface area (Å²) in [6.45, 7) is 4.87. The van der Waals surface area contributed by atoms with Gasteiger partial charge in [-0.2, -0.15) is 0 Å². The van der Waals surface area contributed by atoms with E-state index in [0.717, 1.165) is 12.0 Å². The minimum Gasteiger partial charge on any atom is -0.362 e. The van der Waals surface area contributed by atoms with E-state index < -0.39 is 0 Å². The quantitative estimate of drug-likeness (QED) is 0.830. The molecule has 3 nitrogen and oxygen atoms in total. The molecule has 0 radical (unpaired) electrons. The van der Waals surface area contributed by atoms with Crippen molar-refractivity contribution in [3.63, 3.8) is 0 Å².